The molecule has 1 aliphatic heterocycles. The quantitative estimate of drug-likeness (QED) is 0.696. The smallest absolute Gasteiger partial charge is 0.306 e. The molecule has 22 heavy (non-hydrogen) atoms. The van der Waals surface area contributed by atoms with Gasteiger partial charge >= 0.3 is 5.97 Å². The monoisotopic (exact) mass is 306 g/mol. The molecule has 0 radical (unpaired) electrons. The maximum atomic E-state index is 11.7. The third-order valence-corrected chi connectivity index (χ3v) is 8.58. The molecule has 1 heterocycles. The molecule has 0 aromatic rings. The van der Waals surface area contributed by atoms with Gasteiger partial charge in [0.15, 0.2) is 0 Å². The van der Waals surface area contributed by atoms with E-state index in [4.69, 9.17) is 4.74 Å². The molecule has 4 rings (SSSR count). The molecule has 0 spiro atoms. The van der Waals surface area contributed by atoms with Crippen molar-refractivity contribution in [3.63, 3.8) is 0 Å². The molecule has 3 heteroatoms. The number of rotatable bonds is 0. The first-order valence-corrected chi connectivity index (χ1v) is 9.16. The first-order chi connectivity index (χ1) is 10.3. The van der Waals surface area contributed by atoms with Gasteiger partial charge in [-0.2, -0.15) is 0 Å². The van der Waals surface area contributed by atoms with E-state index in [1.807, 2.05) is 0 Å². The minimum absolute atomic E-state index is 0.00497. The van der Waals surface area contributed by atoms with E-state index < -0.39 is 5.60 Å². The Morgan fingerprint density at radius 1 is 1.05 bits per heavy atom. The lowest BCUT2D eigenvalue weighted by atomic mass is 9.46. The van der Waals surface area contributed by atoms with Gasteiger partial charge in [-0.05, 0) is 74.5 Å². The summed E-state index contributed by atoms with van der Waals surface area (Å²) in [5, 5.41) is 10.9. The highest BCUT2D eigenvalue weighted by Crippen LogP contribution is 2.67. The lowest BCUT2D eigenvalue weighted by molar-refractivity contribution is -0.186. The maximum Gasteiger partial charge on any atom is 0.306 e. The topological polar surface area (TPSA) is 46.5 Å². The van der Waals surface area contributed by atoms with E-state index in [-0.39, 0.29) is 16.8 Å². The van der Waals surface area contributed by atoms with E-state index in [1.54, 1.807) is 0 Å². The van der Waals surface area contributed by atoms with E-state index in [1.165, 1.54) is 25.7 Å². The second kappa shape index (κ2) is 4.49. The van der Waals surface area contributed by atoms with Gasteiger partial charge in [-0.3, -0.25) is 4.79 Å². The average Bonchev–Trinajstić information content (AvgIpc) is 2.70. The van der Waals surface area contributed by atoms with Gasteiger partial charge in [0.25, 0.3) is 0 Å². The molecule has 124 valence electrons. The summed E-state index contributed by atoms with van der Waals surface area (Å²) in [4.78, 5) is 11.7. The number of carbonyl (C=O) groups excluding carboxylic acids is 1. The molecular formula is C19H30O3. The summed E-state index contributed by atoms with van der Waals surface area (Å²) in [6, 6.07) is 0. The van der Waals surface area contributed by atoms with Crippen LogP contribution in [-0.4, -0.2) is 23.3 Å². The first-order valence-electron chi connectivity index (χ1n) is 9.16. The number of fused-ring (bicyclic) bond motifs is 5. The summed E-state index contributed by atoms with van der Waals surface area (Å²) in [5.74, 6) is 2.56. The van der Waals surface area contributed by atoms with Crippen molar-refractivity contribution in [2.75, 3.05) is 6.61 Å². The van der Waals surface area contributed by atoms with Crippen LogP contribution in [0.5, 0.6) is 0 Å². The molecule has 0 bridgehead atoms. The summed E-state index contributed by atoms with van der Waals surface area (Å²) >= 11 is 0. The van der Waals surface area contributed by atoms with Crippen LogP contribution in [0.2, 0.25) is 0 Å². The number of aliphatic hydroxyl groups is 1. The van der Waals surface area contributed by atoms with Crippen LogP contribution in [0.25, 0.3) is 0 Å². The van der Waals surface area contributed by atoms with Gasteiger partial charge in [-0.15, -0.1) is 0 Å². The number of carbonyl (C=O) groups is 1. The number of hydrogen-bond acceptors (Lipinski definition) is 3. The summed E-state index contributed by atoms with van der Waals surface area (Å²) in [6.45, 7) is 7.38. The Morgan fingerprint density at radius 3 is 2.55 bits per heavy atom. The van der Waals surface area contributed by atoms with Crippen molar-refractivity contribution in [3.05, 3.63) is 0 Å². The Hall–Kier alpha value is -0.570. The zero-order valence-electron chi connectivity index (χ0n) is 14.2. The van der Waals surface area contributed by atoms with Crippen molar-refractivity contribution >= 4 is 5.97 Å². The highest BCUT2D eigenvalue weighted by molar-refractivity contribution is 5.70. The Balaban J connectivity index is 1.65. The van der Waals surface area contributed by atoms with Crippen molar-refractivity contribution in [1.82, 2.24) is 0 Å². The molecule has 3 aliphatic carbocycles. The lowest BCUT2D eigenvalue weighted by Gasteiger charge is -2.60. The molecule has 3 nitrogen and oxygen atoms in total. The predicted octanol–water partition coefficient (Wildman–Crippen LogP) is 3.54. The fourth-order valence-electron chi connectivity index (χ4n) is 6.83. The molecule has 4 aliphatic rings. The Morgan fingerprint density at radius 2 is 1.77 bits per heavy atom. The minimum Gasteiger partial charge on any atom is -0.465 e. The molecule has 0 aromatic carbocycles. The van der Waals surface area contributed by atoms with Gasteiger partial charge in [-0.1, -0.05) is 13.8 Å². The molecular weight excluding hydrogens is 276 g/mol. The summed E-state index contributed by atoms with van der Waals surface area (Å²) in [6.07, 6.45) is 7.48. The van der Waals surface area contributed by atoms with Crippen LogP contribution in [0.15, 0.2) is 0 Å². The van der Waals surface area contributed by atoms with Crippen LogP contribution in [0.1, 0.15) is 65.7 Å². The van der Waals surface area contributed by atoms with Crippen LogP contribution in [0.4, 0.5) is 0 Å². The van der Waals surface area contributed by atoms with Crippen molar-refractivity contribution in [3.8, 4) is 0 Å². The Kier molecular flexibility index (Phi) is 3.06. The van der Waals surface area contributed by atoms with Crippen molar-refractivity contribution in [2.45, 2.75) is 71.3 Å². The molecule has 4 fully saturated rings. The van der Waals surface area contributed by atoms with E-state index in [9.17, 15) is 9.90 Å². The first kappa shape index (κ1) is 15.0. The molecule has 7 atom stereocenters. The van der Waals surface area contributed by atoms with Crippen LogP contribution >= 0.6 is 0 Å². The zero-order chi connectivity index (χ0) is 15.8. The maximum absolute atomic E-state index is 11.7. The molecule has 1 saturated heterocycles. The van der Waals surface area contributed by atoms with Gasteiger partial charge in [-0.25, -0.2) is 0 Å². The molecule has 3 saturated carbocycles. The van der Waals surface area contributed by atoms with Gasteiger partial charge in [0.1, 0.15) is 0 Å². The van der Waals surface area contributed by atoms with Gasteiger partial charge in [0, 0.05) is 11.8 Å². The van der Waals surface area contributed by atoms with Crippen LogP contribution in [-0.2, 0) is 9.53 Å². The second-order valence-corrected chi connectivity index (χ2v) is 9.29. The fourth-order valence-corrected chi connectivity index (χ4v) is 6.83. The van der Waals surface area contributed by atoms with E-state index >= 15 is 0 Å². The Bertz CT molecular complexity index is 499. The third kappa shape index (κ3) is 1.75. The van der Waals surface area contributed by atoms with E-state index in [0.29, 0.717) is 36.7 Å². The third-order valence-electron chi connectivity index (χ3n) is 8.58. The number of hydrogen-bond donors (Lipinski definition) is 1. The molecule has 1 N–H and O–H groups in total. The summed E-state index contributed by atoms with van der Waals surface area (Å²) in [7, 11) is 0. The SMILES string of the molecule is C[C@]12COC(=O)C[C@@H]1CC[C@H]1[C@H]2CC[C@@]2(C)[C@H]1CC[C@@]2(C)O. The van der Waals surface area contributed by atoms with Crippen LogP contribution in [0.3, 0.4) is 0 Å². The minimum atomic E-state index is -0.501. The largest absolute Gasteiger partial charge is 0.465 e. The second-order valence-electron chi connectivity index (χ2n) is 9.29. The van der Waals surface area contributed by atoms with Crippen molar-refractivity contribution in [1.29, 1.82) is 0 Å². The standard InChI is InChI=1S/C19H30O3/c1-17-11-22-16(20)10-12(17)4-5-13-14(17)6-8-18(2)15(13)7-9-19(18,3)21/h12-15,21H,4-11H2,1-3H3/t12-,13-,14+,15-,17-,18-,19+/m0/s1. The molecule has 0 amide bonds. The number of ether oxygens (including phenoxy) is 1. The average molecular weight is 306 g/mol. The molecule has 0 unspecified atom stereocenters. The van der Waals surface area contributed by atoms with Crippen LogP contribution < -0.4 is 0 Å². The van der Waals surface area contributed by atoms with E-state index in [2.05, 4.69) is 20.8 Å². The zero-order valence-corrected chi connectivity index (χ0v) is 14.2. The van der Waals surface area contributed by atoms with Crippen molar-refractivity contribution in [2.24, 2.45) is 34.5 Å². The van der Waals surface area contributed by atoms with E-state index in [0.717, 1.165) is 12.8 Å². The normalized spacial score (nSPS) is 57.5. The Labute approximate surface area is 133 Å². The number of cyclic esters (lactones) is 1. The van der Waals surface area contributed by atoms with Gasteiger partial charge in [0.2, 0.25) is 0 Å². The number of esters is 1. The fraction of sp³-hybridized carbons (Fsp3) is 0.947. The van der Waals surface area contributed by atoms with Gasteiger partial charge < -0.3 is 9.84 Å². The summed E-state index contributed by atoms with van der Waals surface area (Å²) in [5.41, 5.74) is -0.241. The lowest BCUT2D eigenvalue weighted by Crippen LogP contribution is -2.57. The highest BCUT2D eigenvalue weighted by Gasteiger charge is 2.63. The summed E-state index contributed by atoms with van der Waals surface area (Å²) < 4.78 is 5.49. The molecule has 0 aromatic heterocycles. The van der Waals surface area contributed by atoms with Gasteiger partial charge in [0.05, 0.1) is 12.2 Å². The van der Waals surface area contributed by atoms with Crippen molar-refractivity contribution < 1.29 is 14.6 Å². The predicted molar refractivity (Wildman–Crippen MR) is 84.1 cm³/mol. The van der Waals surface area contributed by atoms with Crippen LogP contribution in [0, 0.1) is 34.5 Å². The highest BCUT2D eigenvalue weighted by atomic mass is 16.5.